The van der Waals surface area contributed by atoms with Crippen molar-refractivity contribution >= 4 is 11.6 Å². The van der Waals surface area contributed by atoms with E-state index in [9.17, 15) is 9.50 Å². The number of halogens is 2. The van der Waals surface area contributed by atoms with Crippen molar-refractivity contribution in [2.45, 2.75) is 32.0 Å². The molecule has 1 atom stereocenters. The van der Waals surface area contributed by atoms with Crippen LogP contribution < -0.4 is 0 Å². The summed E-state index contributed by atoms with van der Waals surface area (Å²) in [6.45, 7) is 3.54. The minimum Gasteiger partial charge on any atom is -0.390 e. The van der Waals surface area contributed by atoms with Crippen LogP contribution in [-0.4, -0.2) is 23.9 Å². The number of hydrogen-bond donors (Lipinski definition) is 1. The van der Waals surface area contributed by atoms with Gasteiger partial charge in [0.05, 0.1) is 16.7 Å². The van der Waals surface area contributed by atoms with Crippen LogP contribution in [0, 0.1) is 5.82 Å². The normalized spacial score (nSPS) is 13.9. The topological polar surface area (TPSA) is 29.5 Å². The second-order valence-electron chi connectivity index (χ2n) is 4.24. The van der Waals surface area contributed by atoms with Crippen molar-refractivity contribution in [1.82, 2.24) is 0 Å². The summed E-state index contributed by atoms with van der Waals surface area (Å²) in [5, 5.41) is 10.0. The fraction of sp³-hybridized carbons (Fsp3) is 0.500. The second kappa shape index (κ2) is 5.13. The van der Waals surface area contributed by atoms with Crippen molar-refractivity contribution in [2.75, 3.05) is 7.11 Å². The van der Waals surface area contributed by atoms with Gasteiger partial charge in [0.1, 0.15) is 5.82 Å². The Balaban J connectivity index is 2.85. The van der Waals surface area contributed by atoms with Crippen LogP contribution in [0.2, 0.25) is 5.02 Å². The molecule has 0 heterocycles. The van der Waals surface area contributed by atoms with Crippen LogP contribution in [-0.2, 0) is 11.2 Å². The molecule has 0 radical (unpaired) electrons. The van der Waals surface area contributed by atoms with Crippen molar-refractivity contribution in [3.63, 3.8) is 0 Å². The monoisotopic (exact) mass is 246 g/mol. The van der Waals surface area contributed by atoms with Crippen molar-refractivity contribution in [2.24, 2.45) is 0 Å². The molecule has 4 heteroatoms. The van der Waals surface area contributed by atoms with Crippen molar-refractivity contribution in [3.8, 4) is 0 Å². The van der Waals surface area contributed by atoms with Gasteiger partial charge in [-0.05, 0) is 25.5 Å². The Morgan fingerprint density at radius 2 is 2.12 bits per heavy atom. The Bertz CT molecular complexity index is 366. The maximum atomic E-state index is 13.2. The number of hydrogen-bond acceptors (Lipinski definition) is 2. The highest BCUT2D eigenvalue weighted by atomic mass is 35.5. The van der Waals surface area contributed by atoms with Crippen LogP contribution in [0.25, 0.3) is 0 Å². The first-order valence-corrected chi connectivity index (χ1v) is 5.42. The lowest BCUT2D eigenvalue weighted by Crippen LogP contribution is -2.39. The highest BCUT2D eigenvalue weighted by Crippen LogP contribution is 2.24. The molecule has 0 spiro atoms. The highest BCUT2D eigenvalue weighted by Gasteiger charge is 2.28. The Kier molecular flexibility index (Phi) is 4.30. The molecule has 0 saturated carbocycles. The molecular weight excluding hydrogens is 231 g/mol. The van der Waals surface area contributed by atoms with Gasteiger partial charge in [0.15, 0.2) is 0 Å². The third-order valence-electron chi connectivity index (χ3n) is 2.77. The van der Waals surface area contributed by atoms with E-state index in [-0.39, 0.29) is 11.4 Å². The number of benzene rings is 1. The third-order valence-corrected chi connectivity index (χ3v) is 3.20. The molecule has 1 aromatic rings. The van der Waals surface area contributed by atoms with Gasteiger partial charge in [0, 0.05) is 13.5 Å². The summed E-state index contributed by atoms with van der Waals surface area (Å²) in [6, 6.07) is 4.56. The smallest absolute Gasteiger partial charge is 0.142 e. The molecule has 0 aliphatic carbocycles. The Morgan fingerprint density at radius 3 is 2.69 bits per heavy atom. The maximum Gasteiger partial charge on any atom is 0.142 e. The van der Waals surface area contributed by atoms with E-state index in [0.29, 0.717) is 5.56 Å². The second-order valence-corrected chi connectivity index (χ2v) is 4.62. The zero-order chi connectivity index (χ0) is 12.3. The zero-order valence-corrected chi connectivity index (χ0v) is 10.4. The summed E-state index contributed by atoms with van der Waals surface area (Å²) < 4.78 is 18.3. The average Bonchev–Trinajstić information content (AvgIpc) is 2.24. The lowest BCUT2D eigenvalue weighted by atomic mass is 9.95. The van der Waals surface area contributed by atoms with E-state index in [2.05, 4.69) is 0 Å². The minimum absolute atomic E-state index is 0.0634. The standard InChI is InChI=1S/C12H16ClFO2/c1-12(2,16-3)10(15)7-8-5-4-6-9(14)11(8)13/h4-6,10,15H,7H2,1-3H3. The van der Waals surface area contributed by atoms with Gasteiger partial charge in [0.2, 0.25) is 0 Å². The quantitative estimate of drug-likeness (QED) is 0.885. The minimum atomic E-state index is -0.739. The molecule has 0 saturated heterocycles. The Labute approximate surface area is 100.0 Å². The summed E-state index contributed by atoms with van der Waals surface area (Å²) in [7, 11) is 1.52. The van der Waals surface area contributed by atoms with Crippen LogP contribution in [0.5, 0.6) is 0 Å². The van der Waals surface area contributed by atoms with E-state index >= 15 is 0 Å². The molecule has 1 rings (SSSR count). The molecule has 0 fully saturated rings. The predicted molar refractivity (Wildman–Crippen MR) is 62.2 cm³/mol. The highest BCUT2D eigenvalue weighted by molar-refractivity contribution is 6.31. The number of aliphatic hydroxyl groups excluding tert-OH is 1. The van der Waals surface area contributed by atoms with Gasteiger partial charge in [-0.3, -0.25) is 0 Å². The van der Waals surface area contributed by atoms with Crippen molar-refractivity contribution in [3.05, 3.63) is 34.6 Å². The van der Waals surface area contributed by atoms with Gasteiger partial charge >= 0.3 is 0 Å². The SMILES string of the molecule is COC(C)(C)C(O)Cc1cccc(F)c1Cl. The first-order valence-electron chi connectivity index (χ1n) is 5.04. The molecule has 0 aliphatic rings. The van der Waals surface area contributed by atoms with Crippen LogP contribution in [0.1, 0.15) is 19.4 Å². The molecule has 90 valence electrons. The van der Waals surface area contributed by atoms with E-state index in [4.69, 9.17) is 16.3 Å². The van der Waals surface area contributed by atoms with Crippen LogP contribution in [0.3, 0.4) is 0 Å². The number of rotatable bonds is 4. The number of ether oxygens (including phenoxy) is 1. The molecule has 0 amide bonds. The summed E-state index contributed by atoms with van der Waals surface area (Å²) in [5.41, 5.74) is -0.102. The summed E-state index contributed by atoms with van der Waals surface area (Å²) >= 11 is 5.80. The lowest BCUT2D eigenvalue weighted by Gasteiger charge is -2.29. The Morgan fingerprint density at radius 1 is 1.50 bits per heavy atom. The molecule has 1 unspecified atom stereocenters. The average molecular weight is 247 g/mol. The van der Waals surface area contributed by atoms with Gasteiger partial charge in [0.25, 0.3) is 0 Å². The van der Waals surface area contributed by atoms with E-state index in [1.807, 2.05) is 0 Å². The molecule has 2 nitrogen and oxygen atoms in total. The summed E-state index contributed by atoms with van der Waals surface area (Å²) in [6.07, 6.45) is -0.478. The van der Waals surface area contributed by atoms with Gasteiger partial charge in [-0.2, -0.15) is 0 Å². The lowest BCUT2D eigenvalue weighted by molar-refractivity contribution is -0.0765. The maximum absolute atomic E-state index is 13.2. The van der Waals surface area contributed by atoms with Crippen molar-refractivity contribution < 1.29 is 14.2 Å². The largest absolute Gasteiger partial charge is 0.390 e. The number of aliphatic hydroxyl groups is 1. The molecule has 1 N–H and O–H groups in total. The molecule has 0 aliphatic heterocycles. The van der Waals surface area contributed by atoms with E-state index in [1.165, 1.54) is 13.2 Å². The fourth-order valence-corrected chi connectivity index (χ4v) is 1.50. The van der Waals surface area contributed by atoms with E-state index < -0.39 is 17.5 Å². The molecule has 0 bridgehead atoms. The summed E-state index contributed by atoms with van der Waals surface area (Å²) in [5.74, 6) is -0.471. The molecular formula is C12H16ClFO2. The predicted octanol–water partition coefficient (Wildman–Crippen LogP) is 2.81. The van der Waals surface area contributed by atoms with Gasteiger partial charge in [-0.25, -0.2) is 4.39 Å². The molecule has 1 aromatic carbocycles. The van der Waals surface area contributed by atoms with Gasteiger partial charge in [-0.1, -0.05) is 23.7 Å². The van der Waals surface area contributed by atoms with Crippen LogP contribution in [0.4, 0.5) is 4.39 Å². The van der Waals surface area contributed by atoms with Gasteiger partial charge in [-0.15, -0.1) is 0 Å². The van der Waals surface area contributed by atoms with Crippen LogP contribution >= 0.6 is 11.6 Å². The van der Waals surface area contributed by atoms with Crippen LogP contribution in [0.15, 0.2) is 18.2 Å². The van der Waals surface area contributed by atoms with E-state index in [0.717, 1.165) is 0 Å². The number of methoxy groups -OCH3 is 1. The van der Waals surface area contributed by atoms with Gasteiger partial charge < -0.3 is 9.84 Å². The Hall–Kier alpha value is -0.640. The fourth-order valence-electron chi connectivity index (χ4n) is 1.30. The zero-order valence-electron chi connectivity index (χ0n) is 9.63. The molecule has 0 aromatic heterocycles. The first kappa shape index (κ1) is 13.4. The third kappa shape index (κ3) is 2.94. The van der Waals surface area contributed by atoms with Crippen molar-refractivity contribution in [1.29, 1.82) is 0 Å². The molecule has 16 heavy (non-hydrogen) atoms. The van der Waals surface area contributed by atoms with E-state index in [1.54, 1.807) is 26.0 Å². The first-order chi connectivity index (χ1) is 7.38. The summed E-state index contributed by atoms with van der Waals surface area (Å²) in [4.78, 5) is 0.